The van der Waals surface area contributed by atoms with Crippen molar-refractivity contribution in [2.45, 2.75) is 43.4 Å². The van der Waals surface area contributed by atoms with Crippen LogP contribution in [0.1, 0.15) is 49.0 Å². The molecule has 0 atom stereocenters. The van der Waals surface area contributed by atoms with Crippen molar-refractivity contribution in [1.82, 2.24) is 5.06 Å². The van der Waals surface area contributed by atoms with Crippen LogP contribution >= 0.6 is 0 Å². The van der Waals surface area contributed by atoms with Crippen molar-refractivity contribution in [2.75, 3.05) is 42.3 Å². The predicted octanol–water partition coefficient (Wildman–Crippen LogP) is 2.66. The van der Waals surface area contributed by atoms with Gasteiger partial charge in [0.05, 0.1) is 17.2 Å². The quantitative estimate of drug-likeness (QED) is 0.162. The summed E-state index contributed by atoms with van der Waals surface area (Å²) < 4.78 is 63.2. The van der Waals surface area contributed by atoms with Gasteiger partial charge in [-0.1, -0.05) is 38.1 Å². The Kier molecular flexibility index (Phi) is 10.8. The highest BCUT2D eigenvalue weighted by molar-refractivity contribution is 7.97. The molecule has 0 spiro atoms. The molecule has 2 N–H and O–H groups in total. The standard InChI is InChI=1S/C34H35N3O12S2/c1-34(2)25-18-22(35-19-23(38)20-48-21-32(41)49-37-30(39)14-15-31(37)40)12-13-26(25)36(16-7-17-50(43,44)45)29(34)11-6-5-10-28-33(42)24-8-3-4-9-27(24)51(28,46)47/h3-6,8-13,18,35H,7,14-17,19-21H2,1-2H3,(H,43,44,45). The van der Waals surface area contributed by atoms with Gasteiger partial charge in [-0.2, -0.15) is 8.42 Å². The highest BCUT2D eigenvalue weighted by Gasteiger charge is 2.41. The van der Waals surface area contributed by atoms with Crippen molar-refractivity contribution in [1.29, 1.82) is 0 Å². The number of anilines is 2. The normalized spacial score (nSPS) is 19.3. The van der Waals surface area contributed by atoms with E-state index in [1.54, 1.807) is 36.4 Å². The van der Waals surface area contributed by atoms with Crippen LogP contribution in [0.2, 0.25) is 0 Å². The number of ketones is 2. The number of hydrogen-bond acceptors (Lipinski definition) is 13. The van der Waals surface area contributed by atoms with Crippen LogP contribution < -0.4 is 10.2 Å². The third-order valence-electron chi connectivity index (χ3n) is 8.39. The van der Waals surface area contributed by atoms with Crippen molar-refractivity contribution < 1.29 is 54.9 Å². The first kappa shape index (κ1) is 37.3. The Hall–Kier alpha value is -4.97. The van der Waals surface area contributed by atoms with Crippen LogP contribution in [0.3, 0.4) is 0 Å². The molecule has 3 aliphatic heterocycles. The van der Waals surface area contributed by atoms with Gasteiger partial charge in [0.25, 0.3) is 21.9 Å². The third-order valence-corrected chi connectivity index (χ3v) is 11.0. The Labute approximate surface area is 294 Å². The van der Waals surface area contributed by atoms with E-state index in [0.29, 0.717) is 10.8 Å². The molecule has 3 aliphatic rings. The fraction of sp³-hybridized carbons (Fsp3) is 0.324. The number of imide groups is 1. The first-order valence-corrected chi connectivity index (χ1v) is 18.8. The summed E-state index contributed by atoms with van der Waals surface area (Å²) >= 11 is 0. The molecule has 15 nitrogen and oxygen atoms in total. The second kappa shape index (κ2) is 14.7. The minimum Gasteiger partial charge on any atom is -0.378 e. The number of Topliss-reactive ketones (excluding diaryl/α,β-unsaturated/α-hetero) is 2. The van der Waals surface area contributed by atoms with E-state index in [9.17, 15) is 45.4 Å². The van der Waals surface area contributed by atoms with Crippen LogP contribution in [0.25, 0.3) is 0 Å². The van der Waals surface area contributed by atoms with Crippen LogP contribution in [-0.2, 0) is 54.1 Å². The SMILES string of the molecule is CC1(C)C(=CC=CC=C2C(=O)c3ccccc3S2(=O)=O)N(CCCS(=O)(=O)O)c2ccc(NCC(=O)COCC(=O)ON3C(=O)CCC3=O)cc21. The molecule has 0 aromatic heterocycles. The number of rotatable bonds is 14. The summed E-state index contributed by atoms with van der Waals surface area (Å²) in [5, 5.41) is 3.40. The summed E-state index contributed by atoms with van der Waals surface area (Å²) in [4.78, 5) is 66.5. The monoisotopic (exact) mass is 741 g/mol. The first-order valence-electron chi connectivity index (χ1n) is 15.8. The Balaban J connectivity index is 1.27. The summed E-state index contributed by atoms with van der Waals surface area (Å²) in [5.41, 5.74) is 2.29. The van der Waals surface area contributed by atoms with Crippen LogP contribution in [0.4, 0.5) is 11.4 Å². The van der Waals surface area contributed by atoms with Gasteiger partial charge in [0, 0.05) is 47.4 Å². The van der Waals surface area contributed by atoms with Gasteiger partial charge in [-0.3, -0.25) is 23.7 Å². The smallest absolute Gasteiger partial charge is 0.358 e. The number of carbonyl (C=O) groups excluding carboxylic acids is 5. The fourth-order valence-corrected chi connectivity index (χ4v) is 7.98. The summed E-state index contributed by atoms with van der Waals surface area (Å²) in [5.74, 6) is -3.74. The number of hydroxylamine groups is 2. The number of nitrogens with one attached hydrogen (secondary N) is 1. The van der Waals surface area contributed by atoms with E-state index in [2.05, 4.69) is 5.32 Å². The number of hydrogen-bond donors (Lipinski definition) is 2. The third kappa shape index (κ3) is 8.17. The highest BCUT2D eigenvalue weighted by Crippen LogP contribution is 2.48. The van der Waals surface area contributed by atoms with Gasteiger partial charge in [-0.05, 0) is 54.5 Å². The number of sulfone groups is 1. The molecule has 5 rings (SSSR count). The van der Waals surface area contributed by atoms with Gasteiger partial charge < -0.3 is 19.8 Å². The first-order chi connectivity index (χ1) is 24.0. The highest BCUT2D eigenvalue weighted by atomic mass is 32.2. The molecule has 0 bridgehead atoms. The van der Waals surface area contributed by atoms with E-state index >= 15 is 0 Å². The van der Waals surface area contributed by atoms with Crippen molar-refractivity contribution in [3.8, 4) is 0 Å². The number of carbonyl (C=O) groups is 5. The van der Waals surface area contributed by atoms with Gasteiger partial charge in [0.15, 0.2) is 5.78 Å². The average molecular weight is 742 g/mol. The molecule has 2 amide bonds. The molecule has 17 heteroatoms. The summed E-state index contributed by atoms with van der Waals surface area (Å²) in [6.45, 7) is 2.81. The fourth-order valence-electron chi connectivity index (χ4n) is 5.93. The lowest BCUT2D eigenvalue weighted by molar-refractivity contribution is -0.200. The van der Waals surface area contributed by atoms with E-state index in [1.165, 1.54) is 24.3 Å². The summed E-state index contributed by atoms with van der Waals surface area (Å²) in [6, 6.07) is 11.3. The molecular weight excluding hydrogens is 707 g/mol. The molecule has 1 fully saturated rings. The molecule has 0 saturated carbocycles. The zero-order valence-electron chi connectivity index (χ0n) is 27.7. The molecule has 1 saturated heterocycles. The summed E-state index contributed by atoms with van der Waals surface area (Å²) in [6.07, 6.45) is 6.01. The molecule has 2 aromatic rings. The van der Waals surface area contributed by atoms with E-state index in [-0.39, 0.29) is 47.7 Å². The van der Waals surface area contributed by atoms with Crippen LogP contribution in [0.5, 0.6) is 0 Å². The maximum Gasteiger partial charge on any atom is 0.358 e. The molecule has 2 aromatic carbocycles. The van der Waals surface area contributed by atoms with Crippen molar-refractivity contribution in [2.24, 2.45) is 0 Å². The zero-order chi connectivity index (χ0) is 37.1. The van der Waals surface area contributed by atoms with Gasteiger partial charge in [-0.25, -0.2) is 13.2 Å². The van der Waals surface area contributed by atoms with Crippen molar-refractivity contribution in [3.05, 3.63) is 88.5 Å². The van der Waals surface area contributed by atoms with Gasteiger partial charge >= 0.3 is 5.97 Å². The minimum absolute atomic E-state index is 0.0425. The van der Waals surface area contributed by atoms with Crippen LogP contribution in [-0.4, -0.2) is 87.9 Å². The van der Waals surface area contributed by atoms with E-state index < -0.39 is 73.7 Å². The molecule has 51 heavy (non-hydrogen) atoms. The molecule has 270 valence electrons. The predicted molar refractivity (Wildman–Crippen MR) is 183 cm³/mol. The van der Waals surface area contributed by atoms with Crippen molar-refractivity contribution >= 4 is 60.7 Å². The number of amides is 2. The molecule has 0 radical (unpaired) electrons. The second-order valence-corrected chi connectivity index (χ2v) is 15.8. The van der Waals surface area contributed by atoms with Crippen molar-refractivity contribution in [3.63, 3.8) is 0 Å². The minimum atomic E-state index is -4.22. The topological polar surface area (TPSA) is 211 Å². The number of nitrogens with zero attached hydrogens (tertiary/aromatic N) is 2. The Morgan fingerprint density at radius 3 is 2.37 bits per heavy atom. The van der Waals surface area contributed by atoms with E-state index in [0.717, 1.165) is 16.9 Å². The molecule has 0 unspecified atom stereocenters. The van der Waals surface area contributed by atoms with Gasteiger partial charge in [-0.15, -0.1) is 5.06 Å². The second-order valence-electron chi connectivity index (χ2n) is 12.4. The van der Waals surface area contributed by atoms with Crippen LogP contribution in [0.15, 0.2) is 82.3 Å². The number of ether oxygens (including phenoxy) is 1. The lowest BCUT2D eigenvalue weighted by Crippen LogP contribution is -2.34. The van der Waals surface area contributed by atoms with E-state index in [4.69, 9.17) is 9.57 Å². The maximum atomic E-state index is 12.9. The lowest BCUT2D eigenvalue weighted by atomic mass is 9.83. The largest absolute Gasteiger partial charge is 0.378 e. The molecule has 3 heterocycles. The maximum absolute atomic E-state index is 12.9. The Morgan fingerprint density at radius 2 is 1.69 bits per heavy atom. The Morgan fingerprint density at radius 1 is 1.00 bits per heavy atom. The number of benzene rings is 2. The van der Waals surface area contributed by atoms with Gasteiger partial charge in [0.1, 0.15) is 18.1 Å². The zero-order valence-corrected chi connectivity index (χ0v) is 29.3. The number of fused-ring (bicyclic) bond motifs is 2. The molecular formula is C34H35N3O12S2. The van der Waals surface area contributed by atoms with Gasteiger partial charge in [0.2, 0.25) is 15.6 Å². The van der Waals surface area contributed by atoms with Crippen LogP contribution in [0, 0.1) is 0 Å². The molecule has 0 aliphatic carbocycles. The van der Waals surface area contributed by atoms with E-state index in [1.807, 2.05) is 24.8 Å². The Bertz CT molecular complexity index is 2100. The average Bonchev–Trinajstić information content (AvgIpc) is 3.56. The summed E-state index contributed by atoms with van der Waals surface area (Å²) in [7, 11) is -8.18. The number of allylic oxidation sites excluding steroid dienone is 6. The lowest BCUT2D eigenvalue weighted by Gasteiger charge is -2.27.